The van der Waals surface area contributed by atoms with E-state index in [2.05, 4.69) is 18.3 Å². The Morgan fingerprint density at radius 3 is 2.88 bits per heavy atom. The number of para-hydroxylation sites is 1. The maximum absolute atomic E-state index is 12.3. The number of rotatable bonds is 5. The third-order valence-electron chi connectivity index (χ3n) is 5.27. The van der Waals surface area contributed by atoms with Crippen LogP contribution in [0, 0.1) is 11.8 Å². The highest BCUT2D eigenvalue weighted by atomic mass is 16.6. The summed E-state index contributed by atoms with van der Waals surface area (Å²) in [7, 11) is 0. The Morgan fingerprint density at radius 2 is 2.12 bits per heavy atom. The van der Waals surface area contributed by atoms with E-state index in [9.17, 15) is 4.79 Å². The first-order chi connectivity index (χ1) is 12.1. The Kier molecular flexibility index (Phi) is 5.84. The van der Waals surface area contributed by atoms with Crippen LogP contribution in [0.25, 0.3) is 0 Å². The summed E-state index contributed by atoms with van der Waals surface area (Å²) in [6.45, 7) is 9.87. The highest BCUT2D eigenvalue weighted by Gasteiger charge is 2.31. The van der Waals surface area contributed by atoms with Gasteiger partial charge in [-0.25, -0.2) is 0 Å². The van der Waals surface area contributed by atoms with Crippen LogP contribution < -0.4 is 14.8 Å². The van der Waals surface area contributed by atoms with E-state index < -0.39 is 0 Å². The predicted molar refractivity (Wildman–Crippen MR) is 97.9 cm³/mol. The number of carbonyl (C=O) groups excluding carboxylic acids is 1. The minimum absolute atomic E-state index is 0.0787. The molecular formula is C20H30N2O3. The molecule has 1 fully saturated rings. The van der Waals surface area contributed by atoms with Crippen LogP contribution >= 0.6 is 0 Å². The molecule has 0 bridgehead atoms. The number of hydrogen-bond donors (Lipinski definition) is 1. The SMILES string of the molecule is CCC1CN(C(=O)C(C)C)CCC1NCc1cccc2c1OCCO2. The summed E-state index contributed by atoms with van der Waals surface area (Å²) >= 11 is 0. The van der Waals surface area contributed by atoms with Crippen LogP contribution in [-0.4, -0.2) is 43.2 Å². The lowest BCUT2D eigenvalue weighted by Gasteiger charge is -2.39. The molecule has 1 N–H and O–H groups in total. The van der Waals surface area contributed by atoms with Gasteiger partial charge < -0.3 is 19.7 Å². The third-order valence-corrected chi connectivity index (χ3v) is 5.27. The van der Waals surface area contributed by atoms with Gasteiger partial charge in [-0.3, -0.25) is 4.79 Å². The minimum atomic E-state index is 0.0787. The van der Waals surface area contributed by atoms with Crippen molar-refractivity contribution in [3.63, 3.8) is 0 Å². The summed E-state index contributed by atoms with van der Waals surface area (Å²) < 4.78 is 11.5. The van der Waals surface area contributed by atoms with Crippen molar-refractivity contribution < 1.29 is 14.3 Å². The molecule has 25 heavy (non-hydrogen) atoms. The Hall–Kier alpha value is -1.75. The van der Waals surface area contributed by atoms with Crippen molar-refractivity contribution in [2.75, 3.05) is 26.3 Å². The number of amides is 1. The third kappa shape index (κ3) is 4.09. The number of nitrogens with one attached hydrogen (secondary N) is 1. The maximum atomic E-state index is 12.3. The molecule has 2 atom stereocenters. The topological polar surface area (TPSA) is 50.8 Å². The molecule has 1 saturated heterocycles. The van der Waals surface area contributed by atoms with Crippen LogP contribution in [0.1, 0.15) is 39.2 Å². The summed E-state index contributed by atoms with van der Waals surface area (Å²) in [6, 6.07) is 6.51. The zero-order valence-corrected chi connectivity index (χ0v) is 15.6. The first-order valence-electron chi connectivity index (χ1n) is 9.49. The van der Waals surface area contributed by atoms with Crippen LogP contribution in [0.3, 0.4) is 0 Å². The van der Waals surface area contributed by atoms with Crippen LogP contribution in [0.5, 0.6) is 11.5 Å². The number of likely N-dealkylation sites (tertiary alicyclic amines) is 1. The minimum Gasteiger partial charge on any atom is -0.486 e. The van der Waals surface area contributed by atoms with Gasteiger partial charge in [0.15, 0.2) is 11.5 Å². The van der Waals surface area contributed by atoms with Gasteiger partial charge in [-0.15, -0.1) is 0 Å². The van der Waals surface area contributed by atoms with Gasteiger partial charge in [-0.2, -0.15) is 0 Å². The second-order valence-electron chi connectivity index (χ2n) is 7.32. The van der Waals surface area contributed by atoms with Crippen molar-refractivity contribution in [2.24, 2.45) is 11.8 Å². The van der Waals surface area contributed by atoms with Crippen molar-refractivity contribution in [3.05, 3.63) is 23.8 Å². The molecule has 5 heteroatoms. The molecule has 1 amide bonds. The quantitative estimate of drug-likeness (QED) is 0.891. The first-order valence-corrected chi connectivity index (χ1v) is 9.49. The molecule has 0 radical (unpaired) electrons. The van der Waals surface area contributed by atoms with Crippen molar-refractivity contribution in [2.45, 2.75) is 46.2 Å². The van der Waals surface area contributed by atoms with Crippen LogP contribution in [0.15, 0.2) is 18.2 Å². The van der Waals surface area contributed by atoms with Crippen molar-refractivity contribution in [1.82, 2.24) is 10.2 Å². The van der Waals surface area contributed by atoms with Gasteiger partial charge in [0.05, 0.1) is 0 Å². The summed E-state index contributed by atoms with van der Waals surface area (Å²) in [5, 5.41) is 3.70. The maximum Gasteiger partial charge on any atom is 0.225 e. The second kappa shape index (κ2) is 8.09. The number of ether oxygens (including phenoxy) is 2. The van der Waals surface area contributed by atoms with Crippen molar-refractivity contribution >= 4 is 5.91 Å². The zero-order chi connectivity index (χ0) is 17.8. The first kappa shape index (κ1) is 18.1. The molecule has 1 aromatic rings. The lowest BCUT2D eigenvalue weighted by Crippen LogP contribution is -2.51. The predicted octanol–water partition coefficient (Wildman–Crippen LogP) is 2.83. The fourth-order valence-corrected chi connectivity index (χ4v) is 3.79. The number of nitrogens with zero attached hydrogens (tertiary/aromatic N) is 1. The molecule has 2 aliphatic heterocycles. The highest BCUT2D eigenvalue weighted by Crippen LogP contribution is 2.34. The zero-order valence-electron chi connectivity index (χ0n) is 15.6. The number of hydrogen-bond acceptors (Lipinski definition) is 4. The van der Waals surface area contributed by atoms with Gasteiger partial charge in [0.25, 0.3) is 0 Å². The lowest BCUT2D eigenvalue weighted by molar-refractivity contribution is -0.136. The smallest absolute Gasteiger partial charge is 0.225 e. The van der Waals surface area contributed by atoms with Crippen LogP contribution in [-0.2, 0) is 11.3 Å². The Morgan fingerprint density at radius 1 is 1.32 bits per heavy atom. The Balaban J connectivity index is 1.61. The monoisotopic (exact) mass is 346 g/mol. The summed E-state index contributed by atoms with van der Waals surface area (Å²) in [6.07, 6.45) is 2.08. The molecule has 5 nitrogen and oxygen atoms in total. The van der Waals surface area contributed by atoms with E-state index >= 15 is 0 Å². The van der Waals surface area contributed by atoms with Crippen molar-refractivity contribution in [1.29, 1.82) is 0 Å². The average Bonchev–Trinajstić information content (AvgIpc) is 2.65. The van der Waals surface area contributed by atoms with E-state index in [1.807, 2.05) is 30.9 Å². The fraction of sp³-hybridized carbons (Fsp3) is 0.650. The normalized spacial score (nSPS) is 23.0. The molecule has 2 unspecified atom stereocenters. The van der Waals surface area contributed by atoms with E-state index in [1.54, 1.807) is 0 Å². The lowest BCUT2D eigenvalue weighted by atomic mass is 9.89. The molecule has 0 aromatic heterocycles. The van der Waals surface area contributed by atoms with Gasteiger partial charge >= 0.3 is 0 Å². The standard InChI is InChI=1S/C20H30N2O3/c1-4-15-13-22(20(23)14(2)3)9-8-17(15)21-12-16-6-5-7-18-19(16)25-11-10-24-18/h5-7,14-15,17,21H,4,8-13H2,1-3H3. The van der Waals surface area contributed by atoms with Gasteiger partial charge in [-0.05, 0) is 18.4 Å². The van der Waals surface area contributed by atoms with Crippen LogP contribution in [0.2, 0.25) is 0 Å². The van der Waals surface area contributed by atoms with Gasteiger partial charge in [0, 0.05) is 37.2 Å². The largest absolute Gasteiger partial charge is 0.486 e. The molecule has 138 valence electrons. The molecular weight excluding hydrogens is 316 g/mol. The van der Waals surface area contributed by atoms with Gasteiger partial charge in [0.1, 0.15) is 13.2 Å². The molecule has 0 saturated carbocycles. The van der Waals surface area contributed by atoms with E-state index in [0.29, 0.717) is 25.2 Å². The van der Waals surface area contributed by atoms with E-state index in [1.165, 1.54) is 0 Å². The van der Waals surface area contributed by atoms with Gasteiger partial charge in [-0.1, -0.05) is 39.3 Å². The molecule has 2 heterocycles. The van der Waals surface area contributed by atoms with E-state index in [-0.39, 0.29) is 11.8 Å². The molecule has 2 aliphatic rings. The Bertz CT molecular complexity index is 603. The summed E-state index contributed by atoms with van der Waals surface area (Å²) in [5.74, 6) is 2.57. The number of piperidine rings is 1. The van der Waals surface area contributed by atoms with Crippen molar-refractivity contribution in [3.8, 4) is 11.5 Å². The molecule has 3 rings (SSSR count). The number of carbonyl (C=O) groups is 1. The van der Waals surface area contributed by atoms with E-state index in [4.69, 9.17) is 9.47 Å². The summed E-state index contributed by atoms with van der Waals surface area (Å²) in [4.78, 5) is 14.3. The highest BCUT2D eigenvalue weighted by molar-refractivity contribution is 5.78. The molecule has 1 aromatic carbocycles. The molecule has 0 spiro atoms. The Labute approximate surface area is 150 Å². The van der Waals surface area contributed by atoms with Gasteiger partial charge in [0.2, 0.25) is 5.91 Å². The van der Waals surface area contributed by atoms with E-state index in [0.717, 1.165) is 49.5 Å². The van der Waals surface area contributed by atoms with Crippen LogP contribution in [0.4, 0.5) is 0 Å². The fourth-order valence-electron chi connectivity index (χ4n) is 3.79. The number of fused-ring (bicyclic) bond motifs is 1. The number of benzene rings is 1. The summed E-state index contributed by atoms with van der Waals surface area (Å²) in [5.41, 5.74) is 1.15. The average molecular weight is 346 g/mol. The molecule has 0 aliphatic carbocycles. The second-order valence-corrected chi connectivity index (χ2v) is 7.32.